The molecule has 0 radical (unpaired) electrons. The van der Waals surface area contributed by atoms with Gasteiger partial charge in [-0.05, 0) is 27.7 Å². The lowest BCUT2D eigenvalue weighted by molar-refractivity contribution is 0.713. The molecule has 0 atom stereocenters. The summed E-state index contributed by atoms with van der Waals surface area (Å²) < 4.78 is 0. The molecule has 1 aliphatic heterocycles. The number of nitrogens with zero attached hydrogens (tertiary/aromatic N) is 2. The van der Waals surface area contributed by atoms with Crippen molar-refractivity contribution in [1.82, 2.24) is 0 Å². The second-order valence-corrected chi connectivity index (χ2v) is 2.92. The highest BCUT2D eigenvalue weighted by atomic mass is 15.0. The Labute approximate surface area is 55.7 Å². The maximum absolute atomic E-state index is 4.31. The summed E-state index contributed by atoms with van der Waals surface area (Å²) >= 11 is 0. The minimum Gasteiger partial charge on any atom is -0.259 e. The molecule has 0 aromatic heterocycles. The highest BCUT2D eigenvalue weighted by Gasteiger charge is 2.24. The van der Waals surface area contributed by atoms with Gasteiger partial charge in [0.1, 0.15) is 5.84 Å². The third kappa shape index (κ3) is 1.02. The van der Waals surface area contributed by atoms with Crippen LogP contribution in [-0.4, -0.2) is 17.1 Å². The fourth-order valence-corrected chi connectivity index (χ4v) is 0.890. The number of amidine groups is 1. The Morgan fingerprint density at radius 1 is 1.22 bits per heavy atom. The molecule has 0 saturated carbocycles. The summed E-state index contributed by atoms with van der Waals surface area (Å²) in [6.45, 7) is 8.09. The van der Waals surface area contributed by atoms with Crippen molar-refractivity contribution in [1.29, 1.82) is 0 Å². The first-order chi connectivity index (χ1) is 4.02. The van der Waals surface area contributed by atoms with E-state index < -0.39 is 0 Å². The normalized spacial score (nSPS) is 23.6. The zero-order chi connectivity index (χ0) is 7.07. The van der Waals surface area contributed by atoms with Crippen molar-refractivity contribution >= 4 is 11.5 Å². The Morgan fingerprint density at radius 2 is 1.78 bits per heavy atom. The van der Waals surface area contributed by atoms with Crippen LogP contribution in [0.4, 0.5) is 0 Å². The average Bonchev–Trinajstić information content (AvgIpc) is 1.79. The molecule has 0 fully saturated rings. The number of hydrogen-bond donors (Lipinski definition) is 0. The van der Waals surface area contributed by atoms with Crippen molar-refractivity contribution in [3.8, 4) is 0 Å². The van der Waals surface area contributed by atoms with E-state index >= 15 is 0 Å². The van der Waals surface area contributed by atoms with Crippen LogP contribution in [-0.2, 0) is 0 Å². The smallest absolute Gasteiger partial charge is 0.121 e. The van der Waals surface area contributed by atoms with Crippen LogP contribution < -0.4 is 0 Å². The van der Waals surface area contributed by atoms with E-state index in [4.69, 9.17) is 0 Å². The lowest BCUT2D eigenvalue weighted by Crippen LogP contribution is -2.23. The van der Waals surface area contributed by atoms with Gasteiger partial charge in [-0.25, -0.2) is 4.99 Å². The quantitative estimate of drug-likeness (QED) is 0.469. The summed E-state index contributed by atoms with van der Waals surface area (Å²) in [4.78, 5) is 8.52. The van der Waals surface area contributed by atoms with Crippen molar-refractivity contribution in [2.45, 2.75) is 33.2 Å². The lowest BCUT2D eigenvalue weighted by Gasteiger charge is -2.12. The van der Waals surface area contributed by atoms with E-state index in [2.05, 4.69) is 23.8 Å². The topological polar surface area (TPSA) is 24.7 Å². The van der Waals surface area contributed by atoms with Gasteiger partial charge in [0.2, 0.25) is 0 Å². The molecule has 0 aromatic rings. The third-order valence-corrected chi connectivity index (χ3v) is 1.66. The van der Waals surface area contributed by atoms with E-state index in [0.29, 0.717) is 0 Å². The van der Waals surface area contributed by atoms with Crippen molar-refractivity contribution < 1.29 is 0 Å². The molecule has 0 unspecified atom stereocenters. The van der Waals surface area contributed by atoms with E-state index in [-0.39, 0.29) is 5.54 Å². The molecule has 2 heteroatoms. The molecule has 1 heterocycles. The number of hydrogen-bond acceptors (Lipinski definition) is 2. The van der Waals surface area contributed by atoms with Gasteiger partial charge in [0.05, 0.1) is 5.54 Å². The molecule has 0 saturated heterocycles. The predicted molar refractivity (Wildman–Crippen MR) is 40.3 cm³/mol. The summed E-state index contributed by atoms with van der Waals surface area (Å²) in [5, 5.41) is 0. The van der Waals surface area contributed by atoms with Crippen LogP contribution in [0.25, 0.3) is 0 Å². The Morgan fingerprint density at radius 3 is 1.89 bits per heavy atom. The van der Waals surface area contributed by atoms with Crippen molar-refractivity contribution in [2.75, 3.05) is 0 Å². The Hall–Kier alpha value is -0.660. The maximum Gasteiger partial charge on any atom is 0.121 e. The van der Waals surface area contributed by atoms with Gasteiger partial charge in [0, 0.05) is 5.71 Å². The SMILES string of the molecule is CC1=NC(C)(C)C(C)=N1. The molecule has 0 N–H and O–H groups in total. The molecule has 0 bridgehead atoms. The van der Waals surface area contributed by atoms with Gasteiger partial charge in [0.15, 0.2) is 0 Å². The van der Waals surface area contributed by atoms with Crippen LogP contribution in [0.1, 0.15) is 27.7 Å². The zero-order valence-electron chi connectivity index (χ0n) is 6.39. The highest BCUT2D eigenvalue weighted by Crippen LogP contribution is 2.17. The predicted octanol–water partition coefficient (Wildman–Crippen LogP) is 1.66. The van der Waals surface area contributed by atoms with E-state index in [9.17, 15) is 0 Å². The van der Waals surface area contributed by atoms with Gasteiger partial charge in [-0.15, -0.1) is 0 Å². The molecule has 1 aliphatic rings. The van der Waals surface area contributed by atoms with Gasteiger partial charge in [-0.1, -0.05) is 0 Å². The summed E-state index contributed by atoms with van der Waals surface area (Å²) in [7, 11) is 0. The first-order valence-electron chi connectivity index (χ1n) is 3.14. The molecule has 0 aromatic carbocycles. The minimum absolute atomic E-state index is 0.0376. The van der Waals surface area contributed by atoms with Gasteiger partial charge in [-0.2, -0.15) is 0 Å². The fraction of sp³-hybridized carbons (Fsp3) is 0.714. The molecule has 0 amide bonds. The molecule has 2 nitrogen and oxygen atoms in total. The second kappa shape index (κ2) is 1.66. The second-order valence-electron chi connectivity index (χ2n) is 2.92. The Bertz CT molecular complexity index is 187. The zero-order valence-corrected chi connectivity index (χ0v) is 6.39. The molecule has 0 aliphatic carbocycles. The molecular weight excluding hydrogens is 112 g/mol. The van der Waals surface area contributed by atoms with Crippen LogP contribution in [0, 0.1) is 0 Å². The third-order valence-electron chi connectivity index (χ3n) is 1.66. The van der Waals surface area contributed by atoms with E-state index in [1.54, 1.807) is 0 Å². The van der Waals surface area contributed by atoms with Gasteiger partial charge in [-0.3, -0.25) is 4.99 Å². The van der Waals surface area contributed by atoms with Gasteiger partial charge < -0.3 is 0 Å². The first-order valence-corrected chi connectivity index (χ1v) is 3.14. The van der Waals surface area contributed by atoms with E-state index in [1.807, 2.05) is 13.8 Å². The van der Waals surface area contributed by atoms with Gasteiger partial charge >= 0.3 is 0 Å². The number of rotatable bonds is 0. The van der Waals surface area contributed by atoms with Crippen molar-refractivity contribution in [2.24, 2.45) is 9.98 Å². The molecule has 1 rings (SSSR count). The fourth-order valence-electron chi connectivity index (χ4n) is 0.890. The molecule has 0 spiro atoms. The van der Waals surface area contributed by atoms with Crippen molar-refractivity contribution in [3.05, 3.63) is 0 Å². The largest absolute Gasteiger partial charge is 0.259 e. The number of aliphatic imine (C=N–C) groups is 2. The molecular formula is C7H12N2. The first kappa shape index (κ1) is 6.46. The van der Waals surface area contributed by atoms with Gasteiger partial charge in [0.25, 0.3) is 0 Å². The maximum atomic E-state index is 4.31. The van der Waals surface area contributed by atoms with Crippen LogP contribution in [0.5, 0.6) is 0 Å². The Balaban J connectivity index is 2.96. The van der Waals surface area contributed by atoms with Crippen LogP contribution >= 0.6 is 0 Å². The van der Waals surface area contributed by atoms with Crippen molar-refractivity contribution in [3.63, 3.8) is 0 Å². The lowest BCUT2D eigenvalue weighted by atomic mass is 10.0. The summed E-state index contributed by atoms with van der Waals surface area (Å²) in [6, 6.07) is 0. The van der Waals surface area contributed by atoms with Crippen LogP contribution in [0.3, 0.4) is 0 Å². The monoisotopic (exact) mass is 124 g/mol. The van der Waals surface area contributed by atoms with E-state index in [0.717, 1.165) is 11.5 Å². The summed E-state index contributed by atoms with van der Waals surface area (Å²) in [5.41, 5.74) is 1.07. The average molecular weight is 124 g/mol. The van der Waals surface area contributed by atoms with Crippen LogP contribution in [0.2, 0.25) is 0 Å². The molecule has 9 heavy (non-hydrogen) atoms. The summed E-state index contributed by atoms with van der Waals surface area (Å²) in [5.74, 6) is 0.900. The highest BCUT2D eigenvalue weighted by molar-refractivity contribution is 6.06. The Kier molecular flexibility index (Phi) is 1.19. The minimum atomic E-state index is -0.0376. The summed E-state index contributed by atoms with van der Waals surface area (Å²) in [6.07, 6.45) is 0. The molecule has 50 valence electrons. The van der Waals surface area contributed by atoms with E-state index in [1.165, 1.54) is 0 Å². The van der Waals surface area contributed by atoms with Crippen LogP contribution in [0.15, 0.2) is 9.98 Å². The standard InChI is InChI=1S/C7H12N2/c1-5-7(3,4)9-6(2)8-5/h1-4H3.